The molecule has 0 nitrogen and oxygen atoms in total. The first-order valence-corrected chi connectivity index (χ1v) is 8.77. The van der Waals surface area contributed by atoms with E-state index in [4.69, 9.17) is 0 Å². The second-order valence-electron chi connectivity index (χ2n) is 7.09. The molecule has 2 saturated carbocycles. The lowest BCUT2D eigenvalue weighted by atomic mass is 9.62. The fourth-order valence-corrected chi connectivity index (χ4v) is 5.19. The molecule has 0 amide bonds. The van der Waals surface area contributed by atoms with Crippen LogP contribution in [0.25, 0.3) is 0 Å². The van der Waals surface area contributed by atoms with Crippen LogP contribution in [0, 0.1) is 29.6 Å². The third-order valence-corrected chi connectivity index (χ3v) is 6.34. The zero-order valence-electron chi connectivity index (χ0n) is 13.0. The van der Waals surface area contributed by atoms with E-state index >= 15 is 0 Å². The van der Waals surface area contributed by atoms with E-state index < -0.39 is 0 Å². The molecule has 0 aromatic rings. The van der Waals surface area contributed by atoms with Crippen LogP contribution in [-0.4, -0.2) is 0 Å². The quantitative estimate of drug-likeness (QED) is 0.569. The molecule has 0 saturated heterocycles. The lowest BCUT2D eigenvalue weighted by molar-refractivity contribution is 0.0685. The molecule has 106 valence electrons. The summed E-state index contributed by atoms with van der Waals surface area (Å²) in [4.78, 5) is 0. The fourth-order valence-electron chi connectivity index (χ4n) is 5.19. The van der Waals surface area contributed by atoms with Crippen LogP contribution in [0.15, 0.2) is 0 Å². The van der Waals surface area contributed by atoms with Gasteiger partial charge in [0.25, 0.3) is 0 Å². The summed E-state index contributed by atoms with van der Waals surface area (Å²) < 4.78 is 0. The van der Waals surface area contributed by atoms with Crippen LogP contribution in [0.4, 0.5) is 0 Å². The van der Waals surface area contributed by atoms with Gasteiger partial charge in [-0.2, -0.15) is 0 Å². The topological polar surface area (TPSA) is 0 Å². The Balaban J connectivity index is 2.00. The van der Waals surface area contributed by atoms with Gasteiger partial charge in [0.2, 0.25) is 0 Å². The molecule has 2 fully saturated rings. The van der Waals surface area contributed by atoms with E-state index in [0.717, 1.165) is 29.6 Å². The van der Waals surface area contributed by atoms with Crippen molar-refractivity contribution in [1.29, 1.82) is 0 Å². The third-order valence-electron chi connectivity index (χ3n) is 6.34. The Morgan fingerprint density at radius 3 is 1.50 bits per heavy atom. The maximum atomic E-state index is 2.61. The zero-order chi connectivity index (χ0) is 13.0. The second-order valence-corrected chi connectivity index (χ2v) is 7.09. The van der Waals surface area contributed by atoms with Crippen molar-refractivity contribution >= 4 is 0 Å². The molecule has 18 heavy (non-hydrogen) atoms. The normalized spacial score (nSPS) is 39.5. The summed E-state index contributed by atoms with van der Waals surface area (Å²) in [6.07, 6.45) is 15.0. The SMILES string of the molecule is CCC1CCCCC1C(C)C1CCCCC1CC. The molecule has 0 radical (unpaired) electrons. The van der Waals surface area contributed by atoms with E-state index in [-0.39, 0.29) is 0 Å². The van der Waals surface area contributed by atoms with Gasteiger partial charge in [-0.05, 0) is 42.4 Å². The molecule has 0 spiro atoms. The van der Waals surface area contributed by atoms with Crippen molar-refractivity contribution in [2.24, 2.45) is 29.6 Å². The van der Waals surface area contributed by atoms with E-state index in [2.05, 4.69) is 20.8 Å². The smallest absolute Gasteiger partial charge is 0.0357 e. The van der Waals surface area contributed by atoms with Gasteiger partial charge in [-0.3, -0.25) is 0 Å². The van der Waals surface area contributed by atoms with Crippen molar-refractivity contribution in [3.05, 3.63) is 0 Å². The monoisotopic (exact) mass is 250 g/mol. The first-order valence-electron chi connectivity index (χ1n) is 8.77. The molecule has 0 bridgehead atoms. The molecule has 2 aliphatic rings. The van der Waals surface area contributed by atoms with Gasteiger partial charge in [0, 0.05) is 0 Å². The molecule has 0 heteroatoms. The molecule has 0 heterocycles. The van der Waals surface area contributed by atoms with Crippen LogP contribution in [0.2, 0.25) is 0 Å². The van der Waals surface area contributed by atoms with Crippen molar-refractivity contribution in [2.75, 3.05) is 0 Å². The van der Waals surface area contributed by atoms with Crippen LogP contribution in [0.5, 0.6) is 0 Å². The van der Waals surface area contributed by atoms with E-state index in [9.17, 15) is 0 Å². The largest absolute Gasteiger partial charge is 0.0651 e. The summed E-state index contributed by atoms with van der Waals surface area (Å²) in [6.45, 7) is 7.46. The van der Waals surface area contributed by atoms with Gasteiger partial charge in [0.05, 0.1) is 0 Å². The molecule has 0 aromatic heterocycles. The summed E-state index contributed by atoms with van der Waals surface area (Å²) in [5.41, 5.74) is 0. The maximum Gasteiger partial charge on any atom is -0.0357 e. The zero-order valence-corrected chi connectivity index (χ0v) is 13.0. The van der Waals surface area contributed by atoms with Gasteiger partial charge >= 0.3 is 0 Å². The van der Waals surface area contributed by atoms with Crippen LogP contribution >= 0.6 is 0 Å². The predicted octanol–water partition coefficient (Wildman–Crippen LogP) is 6.06. The van der Waals surface area contributed by atoms with Crippen LogP contribution in [0.3, 0.4) is 0 Å². The molecule has 4 atom stereocenters. The van der Waals surface area contributed by atoms with Crippen LogP contribution in [0.1, 0.15) is 85.0 Å². The van der Waals surface area contributed by atoms with Gasteiger partial charge in [0.1, 0.15) is 0 Å². The van der Waals surface area contributed by atoms with Crippen molar-refractivity contribution in [1.82, 2.24) is 0 Å². The van der Waals surface area contributed by atoms with Gasteiger partial charge in [0.15, 0.2) is 0 Å². The average Bonchev–Trinajstić information content (AvgIpc) is 2.46. The Hall–Kier alpha value is 0. The van der Waals surface area contributed by atoms with E-state index in [1.165, 1.54) is 64.2 Å². The summed E-state index contributed by atoms with van der Waals surface area (Å²) in [5, 5.41) is 0. The molecule has 0 aromatic carbocycles. The van der Waals surface area contributed by atoms with Gasteiger partial charge in [-0.25, -0.2) is 0 Å². The molecular weight excluding hydrogens is 216 g/mol. The van der Waals surface area contributed by atoms with Gasteiger partial charge in [-0.15, -0.1) is 0 Å². The molecular formula is C18H34. The van der Waals surface area contributed by atoms with Crippen molar-refractivity contribution in [3.8, 4) is 0 Å². The summed E-state index contributed by atoms with van der Waals surface area (Å²) >= 11 is 0. The Morgan fingerprint density at radius 2 is 1.11 bits per heavy atom. The summed E-state index contributed by atoms with van der Waals surface area (Å²) in [7, 11) is 0. The predicted molar refractivity (Wildman–Crippen MR) is 80.6 cm³/mol. The van der Waals surface area contributed by atoms with E-state index in [0.29, 0.717) is 0 Å². The lowest BCUT2D eigenvalue weighted by Crippen LogP contribution is -2.34. The molecule has 4 unspecified atom stereocenters. The molecule has 0 aliphatic heterocycles. The summed E-state index contributed by atoms with van der Waals surface area (Å²) in [6, 6.07) is 0. The van der Waals surface area contributed by atoms with Crippen LogP contribution < -0.4 is 0 Å². The molecule has 2 rings (SSSR count). The first-order chi connectivity index (χ1) is 8.77. The number of hydrogen-bond donors (Lipinski definition) is 0. The molecule has 2 aliphatic carbocycles. The number of rotatable bonds is 4. The Morgan fingerprint density at radius 1 is 0.722 bits per heavy atom. The average molecular weight is 250 g/mol. The Bertz CT molecular complexity index is 208. The van der Waals surface area contributed by atoms with E-state index in [1.807, 2.05) is 0 Å². The van der Waals surface area contributed by atoms with Gasteiger partial charge < -0.3 is 0 Å². The van der Waals surface area contributed by atoms with Crippen LogP contribution in [-0.2, 0) is 0 Å². The highest BCUT2D eigenvalue weighted by Crippen LogP contribution is 2.46. The summed E-state index contributed by atoms with van der Waals surface area (Å²) in [5.74, 6) is 5.21. The van der Waals surface area contributed by atoms with E-state index in [1.54, 1.807) is 0 Å². The minimum absolute atomic E-state index is 1.00. The van der Waals surface area contributed by atoms with Crippen molar-refractivity contribution < 1.29 is 0 Å². The minimum Gasteiger partial charge on any atom is -0.0651 e. The Labute approximate surface area is 115 Å². The van der Waals surface area contributed by atoms with Crippen molar-refractivity contribution in [2.45, 2.75) is 85.0 Å². The fraction of sp³-hybridized carbons (Fsp3) is 1.00. The number of hydrogen-bond acceptors (Lipinski definition) is 0. The first kappa shape index (κ1) is 14.4. The standard InChI is InChI=1S/C18H34/c1-4-15-10-6-8-12-17(15)14(3)18-13-9-7-11-16(18)5-2/h14-18H,4-13H2,1-3H3. The molecule has 0 N–H and O–H groups in total. The minimum atomic E-state index is 1.00. The second kappa shape index (κ2) is 6.96. The van der Waals surface area contributed by atoms with Gasteiger partial charge in [-0.1, -0.05) is 72.1 Å². The maximum absolute atomic E-state index is 2.61. The Kier molecular flexibility index (Phi) is 5.57. The third kappa shape index (κ3) is 3.11. The highest BCUT2D eigenvalue weighted by molar-refractivity contribution is 4.86. The highest BCUT2D eigenvalue weighted by atomic mass is 14.4. The lowest BCUT2D eigenvalue weighted by Gasteiger charge is -2.43. The highest BCUT2D eigenvalue weighted by Gasteiger charge is 2.36. The van der Waals surface area contributed by atoms with Crippen molar-refractivity contribution in [3.63, 3.8) is 0 Å².